The zero-order valence-electron chi connectivity index (χ0n) is 12.3. The van der Waals surface area contributed by atoms with Crippen molar-refractivity contribution in [2.24, 2.45) is 0 Å². The van der Waals surface area contributed by atoms with Crippen molar-refractivity contribution in [1.82, 2.24) is 8.96 Å². The van der Waals surface area contributed by atoms with E-state index in [0.717, 1.165) is 5.56 Å². The number of fused-ring (bicyclic) bond motifs is 1. The van der Waals surface area contributed by atoms with Gasteiger partial charge in [0, 0.05) is 5.39 Å². The average Bonchev–Trinajstić information content (AvgIpc) is 2.87. The highest BCUT2D eigenvalue weighted by atomic mass is 35.5. The minimum absolute atomic E-state index is 0.0929. The maximum absolute atomic E-state index is 13.7. The average molecular weight is 371 g/mol. The van der Waals surface area contributed by atoms with Gasteiger partial charge in [-0.05, 0) is 31.2 Å². The summed E-state index contributed by atoms with van der Waals surface area (Å²) in [5.41, 5.74) is 0.213. The molecular formula is C15H12ClFN2O4S. The Morgan fingerprint density at radius 2 is 1.83 bits per heavy atom. The van der Waals surface area contributed by atoms with E-state index < -0.39 is 22.3 Å². The summed E-state index contributed by atoms with van der Waals surface area (Å²) in [7, 11) is -4.22. The smallest absolute Gasteiger partial charge is 0.269 e. The molecule has 0 bridgehead atoms. The Morgan fingerprint density at radius 3 is 2.42 bits per heavy atom. The van der Waals surface area contributed by atoms with Crippen LogP contribution in [0.2, 0.25) is 5.02 Å². The van der Waals surface area contributed by atoms with Crippen molar-refractivity contribution in [3.63, 3.8) is 0 Å². The van der Waals surface area contributed by atoms with Crippen LogP contribution in [0, 0.1) is 12.9 Å². The van der Waals surface area contributed by atoms with Gasteiger partial charge in [-0.25, -0.2) is 12.4 Å². The number of hydrogen-bond donors (Lipinski definition) is 2. The Kier molecular flexibility index (Phi) is 4.08. The van der Waals surface area contributed by atoms with Crippen LogP contribution in [0.4, 0.5) is 4.39 Å². The summed E-state index contributed by atoms with van der Waals surface area (Å²) in [6, 6.07) is 8.29. The first-order valence-corrected chi connectivity index (χ1v) is 8.59. The standard InChI is InChI=1S/C15H12ClFN2O4S/c1-8-2-4-10(5-3-8)24(22,23)19-12(15(20)21)7-9-6-11(16)13(17)18-14(9)19/h2-7,15,20-21H,1H3. The third-order valence-corrected chi connectivity index (χ3v) is 5.49. The molecule has 6 nitrogen and oxygen atoms in total. The molecule has 24 heavy (non-hydrogen) atoms. The van der Waals surface area contributed by atoms with Gasteiger partial charge < -0.3 is 10.2 Å². The number of halogens is 2. The lowest BCUT2D eigenvalue weighted by Gasteiger charge is -2.12. The van der Waals surface area contributed by atoms with E-state index in [-0.39, 0.29) is 26.6 Å². The molecule has 0 saturated heterocycles. The molecule has 0 aliphatic rings. The SMILES string of the molecule is Cc1ccc(S(=O)(=O)n2c(C(O)O)cc3cc(Cl)c(F)nc32)cc1. The van der Waals surface area contributed by atoms with Gasteiger partial charge in [-0.15, -0.1) is 0 Å². The number of aliphatic hydroxyl groups is 2. The summed E-state index contributed by atoms with van der Waals surface area (Å²) in [6.07, 6.45) is -2.10. The lowest BCUT2D eigenvalue weighted by Crippen LogP contribution is -2.18. The van der Waals surface area contributed by atoms with E-state index in [1.165, 1.54) is 24.3 Å². The second-order valence-corrected chi connectivity index (χ2v) is 7.39. The molecule has 1 aromatic carbocycles. The molecule has 2 N–H and O–H groups in total. The highest BCUT2D eigenvalue weighted by Gasteiger charge is 2.27. The molecule has 2 aromatic heterocycles. The van der Waals surface area contributed by atoms with E-state index in [0.29, 0.717) is 3.97 Å². The van der Waals surface area contributed by atoms with Gasteiger partial charge >= 0.3 is 0 Å². The molecule has 2 heterocycles. The van der Waals surface area contributed by atoms with Crippen molar-refractivity contribution >= 4 is 32.7 Å². The summed E-state index contributed by atoms with van der Waals surface area (Å²) in [6.45, 7) is 1.79. The lowest BCUT2D eigenvalue weighted by atomic mass is 10.2. The van der Waals surface area contributed by atoms with Crippen molar-refractivity contribution in [3.8, 4) is 0 Å². The molecule has 0 aliphatic heterocycles. The molecule has 0 amide bonds. The molecule has 9 heteroatoms. The van der Waals surface area contributed by atoms with Crippen molar-refractivity contribution in [3.05, 3.63) is 58.6 Å². The zero-order chi connectivity index (χ0) is 17.6. The summed E-state index contributed by atoms with van der Waals surface area (Å²) >= 11 is 5.66. The molecule has 126 valence electrons. The Bertz CT molecular complexity index is 1030. The number of aromatic nitrogens is 2. The Labute approximate surface area is 141 Å². The Morgan fingerprint density at radius 1 is 1.21 bits per heavy atom. The van der Waals surface area contributed by atoms with Crippen LogP contribution in [0.3, 0.4) is 0 Å². The van der Waals surface area contributed by atoms with E-state index in [1.807, 2.05) is 0 Å². The first-order valence-electron chi connectivity index (χ1n) is 6.77. The highest BCUT2D eigenvalue weighted by Crippen LogP contribution is 2.30. The number of aliphatic hydroxyl groups excluding tert-OH is 1. The van der Waals surface area contributed by atoms with Crippen LogP contribution in [0.25, 0.3) is 11.0 Å². The predicted molar refractivity (Wildman–Crippen MR) is 85.6 cm³/mol. The van der Waals surface area contributed by atoms with Gasteiger partial charge in [0.15, 0.2) is 11.9 Å². The lowest BCUT2D eigenvalue weighted by molar-refractivity contribution is -0.0461. The molecule has 0 fully saturated rings. The van der Waals surface area contributed by atoms with Crippen molar-refractivity contribution in [1.29, 1.82) is 0 Å². The molecule has 0 unspecified atom stereocenters. The predicted octanol–water partition coefficient (Wildman–Crippen LogP) is 2.36. The minimum atomic E-state index is -4.22. The Balaban J connectivity index is 2.36. The topological polar surface area (TPSA) is 92.4 Å². The maximum Gasteiger partial charge on any atom is 0.269 e. The van der Waals surface area contributed by atoms with Crippen LogP contribution in [0.1, 0.15) is 17.5 Å². The largest absolute Gasteiger partial charge is 0.363 e. The number of nitrogens with zero attached hydrogens (tertiary/aromatic N) is 2. The molecule has 0 saturated carbocycles. The quantitative estimate of drug-likeness (QED) is 0.545. The first kappa shape index (κ1) is 16.8. The van der Waals surface area contributed by atoms with Crippen LogP contribution >= 0.6 is 11.6 Å². The van der Waals surface area contributed by atoms with Gasteiger partial charge in [0.2, 0.25) is 5.95 Å². The molecule has 0 atom stereocenters. The highest BCUT2D eigenvalue weighted by molar-refractivity contribution is 7.90. The Hall–Kier alpha value is -2.00. The van der Waals surface area contributed by atoms with E-state index in [9.17, 15) is 23.0 Å². The normalized spacial score (nSPS) is 12.2. The third-order valence-electron chi connectivity index (χ3n) is 3.50. The first-order chi connectivity index (χ1) is 11.2. The van der Waals surface area contributed by atoms with Crippen LogP contribution in [0.15, 0.2) is 41.3 Å². The number of hydrogen-bond acceptors (Lipinski definition) is 5. The number of aryl methyl sites for hydroxylation is 1. The monoisotopic (exact) mass is 370 g/mol. The van der Waals surface area contributed by atoms with Crippen LogP contribution in [0.5, 0.6) is 0 Å². The van der Waals surface area contributed by atoms with Crippen LogP contribution < -0.4 is 0 Å². The van der Waals surface area contributed by atoms with Crippen molar-refractivity contribution < 1.29 is 23.0 Å². The second kappa shape index (κ2) is 5.82. The summed E-state index contributed by atoms with van der Waals surface area (Å²) < 4.78 is 40.1. The van der Waals surface area contributed by atoms with Crippen molar-refractivity contribution in [2.45, 2.75) is 18.1 Å². The van der Waals surface area contributed by atoms with Crippen LogP contribution in [-0.2, 0) is 10.0 Å². The van der Waals surface area contributed by atoms with Gasteiger partial charge in [-0.3, -0.25) is 0 Å². The van der Waals surface area contributed by atoms with Gasteiger partial charge in [-0.2, -0.15) is 9.37 Å². The number of rotatable bonds is 3. The summed E-state index contributed by atoms with van der Waals surface area (Å²) in [5.74, 6) is -1.05. The zero-order valence-corrected chi connectivity index (χ0v) is 13.9. The van der Waals surface area contributed by atoms with E-state index in [1.54, 1.807) is 19.1 Å². The van der Waals surface area contributed by atoms with Crippen molar-refractivity contribution in [2.75, 3.05) is 0 Å². The fourth-order valence-electron chi connectivity index (χ4n) is 2.33. The molecular weight excluding hydrogens is 359 g/mol. The number of pyridine rings is 1. The van der Waals surface area contributed by atoms with E-state index >= 15 is 0 Å². The van der Waals surface area contributed by atoms with Gasteiger partial charge in [0.25, 0.3) is 10.0 Å². The fraction of sp³-hybridized carbons (Fsp3) is 0.133. The maximum atomic E-state index is 13.7. The van der Waals surface area contributed by atoms with Gasteiger partial charge in [0.05, 0.1) is 15.6 Å². The molecule has 0 aliphatic carbocycles. The minimum Gasteiger partial charge on any atom is -0.363 e. The van der Waals surface area contributed by atoms with Gasteiger partial charge in [-0.1, -0.05) is 29.3 Å². The number of benzene rings is 1. The van der Waals surface area contributed by atoms with E-state index in [4.69, 9.17) is 11.6 Å². The fourth-order valence-corrected chi connectivity index (χ4v) is 3.98. The third kappa shape index (κ3) is 2.67. The summed E-state index contributed by atoms with van der Waals surface area (Å²) in [5, 5.41) is 18.9. The molecule has 3 rings (SSSR count). The molecule has 3 aromatic rings. The van der Waals surface area contributed by atoms with Crippen LogP contribution in [-0.4, -0.2) is 27.6 Å². The second-order valence-electron chi connectivity index (χ2n) is 5.20. The molecule has 0 spiro atoms. The van der Waals surface area contributed by atoms with Gasteiger partial charge in [0.1, 0.15) is 0 Å². The van der Waals surface area contributed by atoms with E-state index in [2.05, 4.69) is 4.98 Å². The summed E-state index contributed by atoms with van der Waals surface area (Å²) in [4.78, 5) is 3.46. The molecule has 0 radical (unpaired) electrons.